The van der Waals surface area contributed by atoms with Crippen LogP contribution in [0.15, 0.2) is 46.9 Å². The van der Waals surface area contributed by atoms with E-state index < -0.39 is 0 Å². The first-order valence-corrected chi connectivity index (χ1v) is 7.91. The number of aromatic nitrogens is 1. The standard InChI is InChI=1S/C15H12BrN3OS/c16-11-4-1-9(2-5-11)8-18-14(20)10-3-6-12-13(7-10)21-15(17)19-12/h1-7H,8H2,(H2,17,19)(H,18,20). The summed E-state index contributed by atoms with van der Waals surface area (Å²) in [5.41, 5.74) is 8.15. The van der Waals surface area contributed by atoms with E-state index >= 15 is 0 Å². The van der Waals surface area contributed by atoms with E-state index in [4.69, 9.17) is 5.73 Å². The van der Waals surface area contributed by atoms with E-state index in [1.807, 2.05) is 36.4 Å². The highest BCUT2D eigenvalue weighted by Crippen LogP contribution is 2.24. The molecule has 1 amide bonds. The van der Waals surface area contributed by atoms with E-state index in [2.05, 4.69) is 26.2 Å². The summed E-state index contributed by atoms with van der Waals surface area (Å²) in [6.07, 6.45) is 0. The topological polar surface area (TPSA) is 68.0 Å². The molecule has 106 valence electrons. The van der Waals surface area contributed by atoms with E-state index in [0.717, 1.165) is 20.3 Å². The van der Waals surface area contributed by atoms with Crippen molar-refractivity contribution in [3.05, 3.63) is 58.1 Å². The van der Waals surface area contributed by atoms with Crippen LogP contribution in [0.25, 0.3) is 10.2 Å². The van der Waals surface area contributed by atoms with Crippen LogP contribution < -0.4 is 11.1 Å². The summed E-state index contributed by atoms with van der Waals surface area (Å²) in [5, 5.41) is 3.42. The molecule has 0 bridgehead atoms. The lowest BCUT2D eigenvalue weighted by Gasteiger charge is -2.05. The first-order chi connectivity index (χ1) is 10.1. The van der Waals surface area contributed by atoms with Crippen LogP contribution in [0.2, 0.25) is 0 Å². The average molecular weight is 362 g/mol. The summed E-state index contributed by atoms with van der Waals surface area (Å²) in [6.45, 7) is 0.495. The molecule has 0 radical (unpaired) electrons. The fraction of sp³-hybridized carbons (Fsp3) is 0.0667. The summed E-state index contributed by atoms with van der Waals surface area (Å²) < 4.78 is 1.94. The maximum atomic E-state index is 12.2. The Labute approximate surface area is 134 Å². The molecule has 0 saturated carbocycles. The Hall–Kier alpha value is -1.92. The number of halogens is 1. The Kier molecular flexibility index (Phi) is 3.90. The maximum Gasteiger partial charge on any atom is 0.251 e. The Morgan fingerprint density at radius 2 is 2.00 bits per heavy atom. The number of thiazole rings is 1. The number of hydrogen-bond donors (Lipinski definition) is 2. The summed E-state index contributed by atoms with van der Waals surface area (Å²) in [7, 11) is 0. The summed E-state index contributed by atoms with van der Waals surface area (Å²) in [5.74, 6) is -0.105. The second-order valence-electron chi connectivity index (χ2n) is 4.54. The normalized spacial score (nSPS) is 10.7. The lowest BCUT2D eigenvalue weighted by molar-refractivity contribution is 0.0951. The monoisotopic (exact) mass is 361 g/mol. The molecule has 0 aliphatic carbocycles. The third kappa shape index (κ3) is 3.22. The van der Waals surface area contributed by atoms with Gasteiger partial charge in [-0.25, -0.2) is 4.98 Å². The number of anilines is 1. The van der Waals surface area contributed by atoms with Gasteiger partial charge in [0, 0.05) is 16.6 Å². The molecule has 2 aromatic carbocycles. The number of nitrogen functional groups attached to an aromatic ring is 1. The molecular formula is C15H12BrN3OS. The van der Waals surface area contributed by atoms with Crippen molar-refractivity contribution < 1.29 is 4.79 Å². The van der Waals surface area contributed by atoms with E-state index in [0.29, 0.717) is 17.2 Å². The molecule has 21 heavy (non-hydrogen) atoms. The molecular weight excluding hydrogens is 350 g/mol. The molecule has 3 N–H and O–H groups in total. The maximum absolute atomic E-state index is 12.2. The number of benzene rings is 2. The van der Waals surface area contributed by atoms with Gasteiger partial charge in [-0.2, -0.15) is 0 Å². The van der Waals surface area contributed by atoms with Crippen molar-refractivity contribution in [3.8, 4) is 0 Å². The van der Waals surface area contributed by atoms with E-state index in [1.165, 1.54) is 11.3 Å². The van der Waals surface area contributed by atoms with Gasteiger partial charge in [0.1, 0.15) is 0 Å². The van der Waals surface area contributed by atoms with Gasteiger partial charge in [-0.15, -0.1) is 0 Å². The Morgan fingerprint density at radius 1 is 1.24 bits per heavy atom. The summed E-state index contributed by atoms with van der Waals surface area (Å²) >= 11 is 4.77. The fourth-order valence-corrected chi connectivity index (χ4v) is 3.01. The number of nitrogens with one attached hydrogen (secondary N) is 1. The minimum atomic E-state index is -0.105. The molecule has 0 atom stereocenters. The number of nitrogens with zero attached hydrogens (tertiary/aromatic N) is 1. The van der Waals surface area contributed by atoms with Crippen molar-refractivity contribution in [2.75, 3.05) is 5.73 Å². The number of nitrogens with two attached hydrogens (primary N) is 1. The molecule has 0 aliphatic rings. The van der Waals surface area contributed by atoms with Crippen molar-refractivity contribution in [2.45, 2.75) is 6.54 Å². The highest BCUT2D eigenvalue weighted by atomic mass is 79.9. The third-order valence-corrected chi connectivity index (χ3v) is 4.41. The zero-order valence-corrected chi connectivity index (χ0v) is 13.4. The Balaban J connectivity index is 1.72. The van der Waals surface area contributed by atoms with Crippen LogP contribution >= 0.6 is 27.3 Å². The van der Waals surface area contributed by atoms with Crippen molar-refractivity contribution in [2.24, 2.45) is 0 Å². The van der Waals surface area contributed by atoms with E-state index in [-0.39, 0.29) is 5.91 Å². The highest BCUT2D eigenvalue weighted by Gasteiger charge is 2.08. The molecule has 4 nitrogen and oxygen atoms in total. The molecule has 0 spiro atoms. The van der Waals surface area contributed by atoms with Crippen LogP contribution in [0.1, 0.15) is 15.9 Å². The van der Waals surface area contributed by atoms with Gasteiger partial charge in [0.2, 0.25) is 0 Å². The second-order valence-corrected chi connectivity index (χ2v) is 6.52. The van der Waals surface area contributed by atoms with Crippen LogP contribution in [0.3, 0.4) is 0 Å². The first kappa shape index (κ1) is 14.0. The van der Waals surface area contributed by atoms with Gasteiger partial charge in [-0.3, -0.25) is 4.79 Å². The minimum absolute atomic E-state index is 0.105. The average Bonchev–Trinajstić information content (AvgIpc) is 2.85. The molecule has 1 heterocycles. The van der Waals surface area contributed by atoms with Crippen molar-refractivity contribution in [3.63, 3.8) is 0 Å². The molecule has 3 rings (SSSR count). The number of carbonyl (C=O) groups is 1. The second kappa shape index (κ2) is 5.83. The molecule has 0 unspecified atom stereocenters. The fourth-order valence-electron chi connectivity index (χ4n) is 1.97. The van der Waals surface area contributed by atoms with E-state index in [1.54, 1.807) is 6.07 Å². The smallest absolute Gasteiger partial charge is 0.251 e. The zero-order valence-electron chi connectivity index (χ0n) is 11.0. The van der Waals surface area contributed by atoms with Gasteiger partial charge in [0.05, 0.1) is 10.2 Å². The number of hydrogen-bond acceptors (Lipinski definition) is 4. The van der Waals surface area contributed by atoms with Gasteiger partial charge >= 0.3 is 0 Å². The van der Waals surface area contributed by atoms with Crippen LogP contribution in [-0.2, 0) is 6.54 Å². The SMILES string of the molecule is Nc1nc2ccc(C(=O)NCc3ccc(Br)cc3)cc2s1. The van der Waals surface area contributed by atoms with Crippen molar-refractivity contribution in [1.82, 2.24) is 10.3 Å². The van der Waals surface area contributed by atoms with Gasteiger partial charge in [-0.1, -0.05) is 39.4 Å². The lowest BCUT2D eigenvalue weighted by atomic mass is 10.2. The van der Waals surface area contributed by atoms with E-state index in [9.17, 15) is 4.79 Å². The number of fused-ring (bicyclic) bond motifs is 1. The van der Waals surface area contributed by atoms with Crippen LogP contribution in [0, 0.1) is 0 Å². The van der Waals surface area contributed by atoms with Crippen molar-refractivity contribution in [1.29, 1.82) is 0 Å². The lowest BCUT2D eigenvalue weighted by Crippen LogP contribution is -2.22. The summed E-state index contributed by atoms with van der Waals surface area (Å²) in [6, 6.07) is 13.2. The molecule has 6 heteroatoms. The molecule has 1 aromatic heterocycles. The van der Waals surface area contributed by atoms with Crippen LogP contribution in [-0.4, -0.2) is 10.9 Å². The predicted molar refractivity (Wildman–Crippen MR) is 89.3 cm³/mol. The van der Waals surface area contributed by atoms with Gasteiger partial charge in [0.15, 0.2) is 5.13 Å². The van der Waals surface area contributed by atoms with Crippen LogP contribution in [0.4, 0.5) is 5.13 Å². The quantitative estimate of drug-likeness (QED) is 0.749. The number of rotatable bonds is 3. The zero-order chi connectivity index (χ0) is 14.8. The third-order valence-electron chi connectivity index (χ3n) is 3.03. The molecule has 3 aromatic rings. The Morgan fingerprint density at radius 3 is 2.76 bits per heavy atom. The van der Waals surface area contributed by atoms with Crippen LogP contribution in [0.5, 0.6) is 0 Å². The van der Waals surface area contributed by atoms with Gasteiger partial charge < -0.3 is 11.1 Å². The minimum Gasteiger partial charge on any atom is -0.375 e. The van der Waals surface area contributed by atoms with Gasteiger partial charge in [0.25, 0.3) is 5.91 Å². The van der Waals surface area contributed by atoms with Crippen molar-refractivity contribution >= 4 is 48.5 Å². The van der Waals surface area contributed by atoms with Gasteiger partial charge in [-0.05, 0) is 35.9 Å². The first-order valence-electron chi connectivity index (χ1n) is 6.30. The molecule has 0 fully saturated rings. The highest BCUT2D eigenvalue weighted by molar-refractivity contribution is 9.10. The largest absolute Gasteiger partial charge is 0.375 e. The molecule has 0 aliphatic heterocycles. The number of carbonyl (C=O) groups excluding carboxylic acids is 1. The predicted octanol–water partition coefficient (Wildman–Crippen LogP) is 3.57. The number of amides is 1. The Bertz CT molecular complexity index is 798. The molecule has 0 saturated heterocycles. The summed E-state index contributed by atoms with van der Waals surface area (Å²) in [4.78, 5) is 16.3.